The summed E-state index contributed by atoms with van der Waals surface area (Å²) in [5.74, 6) is -1.26. The van der Waals surface area contributed by atoms with Gasteiger partial charge in [0.15, 0.2) is 0 Å². The molecule has 2 fully saturated rings. The third kappa shape index (κ3) is 2.07. The van der Waals surface area contributed by atoms with Crippen molar-refractivity contribution in [3.05, 3.63) is 72.8 Å². The summed E-state index contributed by atoms with van der Waals surface area (Å²) in [6.45, 7) is 0.451. The molecule has 3 aliphatic rings. The number of amides is 2. The minimum atomic E-state index is -0.776. The molecule has 4 atom stereocenters. The Morgan fingerprint density at radius 1 is 0.962 bits per heavy atom. The number of anilines is 2. The number of imide groups is 1. The van der Waals surface area contributed by atoms with E-state index in [-0.39, 0.29) is 17.9 Å². The number of carbonyl (C=O) groups is 2. The molecule has 5 rings (SSSR count). The Balaban J connectivity index is 1.46. The number of hydrogen-bond acceptors (Lipinski definition) is 4. The van der Waals surface area contributed by atoms with Crippen LogP contribution in [0.4, 0.5) is 11.4 Å². The van der Waals surface area contributed by atoms with Crippen molar-refractivity contribution < 1.29 is 14.3 Å². The highest BCUT2D eigenvalue weighted by molar-refractivity contribution is 6.23. The summed E-state index contributed by atoms with van der Waals surface area (Å²) in [6, 6.07) is 18.9. The lowest BCUT2D eigenvalue weighted by molar-refractivity contribution is -0.126. The van der Waals surface area contributed by atoms with Crippen LogP contribution in [0, 0.1) is 11.8 Å². The zero-order valence-electron chi connectivity index (χ0n) is 14.0. The molecule has 3 aliphatic heterocycles. The van der Waals surface area contributed by atoms with Gasteiger partial charge in [0.1, 0.15) is 5.60 Å². The highest BCUT2D eigenvalue weighted by atomic mass is 16.5. The van der Waals surface area contributed by atoms with Crippen LogP contribution < -0.4 is 10.2 Å². The Morgan fingerprint density at radius 2 is 1.65 bits per heavy atom. The van der Waals surface area contributed by atoms with E-state index in [2.05, 4.69) is 5.32 Å². The Labute approximate surface area is 151 Å². The topological polar surface area (TPSA) is 58.6 Å². The van der Waals surface area contributed by atoms with Crippen LogP contribution in [0.15, 0.2) is 72.8 Å². The van der Waals surface area contributed by atoms with Gasteiger partial charge in [-0.1, -0.05) is 48.6 Å². The lowest BCUT2D eigenvalue weighted by Crippen LogP contribution is -2.45. The summed E-state index contributed by atoms with van der Waals surface area (Å²) in [7, 11) is 0. The van der Waals surface area contributed by atoms with Crippen molar-refractivity contribution in [3.8, 4) is 0 Å². The number of carbonyl (C=O) groups excluding carboxylic acids is 2. The van der Waals surface area contributed by atoms with E-state index < -0.39 is 17.4 Å². The molecule has 26 heavy (non-hydrogen) atoms. The zero-order valence-corrected chi connectivity index (χ0v) is 14.0. The lowest BCUT2D eigenvalue weighted by Gasteiger charge is -2.29. The SMILES string of the molecule is O=C1[C@@H]2[C@H]3C=C[C@](CNc4ccccc4)(O3)[C@H]2C(=O)N1c1ccccc1. The fraction of sp³-hybridized carbons (Fsp3) is 0.238. The smallest absolute Gasteiger partial charge is 0.241 e. The molecule has 2 aromatic carbocycles. The standard InChI is InChI=1S/C21H18N2O3/c24-19-17-16-11-12-21(26-16,13-22-14-7-3-1-4-8-14)18(17)20(25)23(19)15-9-5-2-6-10-15/h1-12,16-18,22H,13H2/t16-,17-,18-,21-/m1/s1. The Bertz CT molecular complexity index is 896. The zero-order chi connectivity index (χ0) is 17.7. The maximum absolute atomic E-state index is 13.2. The molecular formula is C21H18N2O3. The predicted molar refractivity (Wildman–Crippen MR) is 97.6 cm³/mol. The fourth-order valence-electron chi connectivity index (χ4n) is 4.33. The van der Waals surface area contributed by atoms with Gasteiger partial charge in [0.05, 0.1) is 23.6 Å². The second-order valence-corrected chi connectivity index (χ2v) is 6.97. The molecule has 0 saturated carbocycles. The van der Waals surface area contributed by atoms with Crippen LogP contribution in [-0.4, -0.2) is 30.1 Å². The minimum absolute atomic E-state index is 0.165. The van der Waals surface area contributed by atoms with E-state index >= 15 is 0 Å². The van der Waals surface area contributed by atoms with Crippen molar-refractivity contribution in [1.82, 2.24) is 0 Å². The van der Waals surface area contributed by atoms with E-state index in [4.69, 9.17) is 4.74 Å². The van der Waals surface area contributed by atoms with E-state index in [1.54, 1.807) is 12.1 Å². The van der Waals surface area contributed by atoms with Gasteiger partial charge >= 0.3 is 0 Å². The Morgan fingerprint density at radius 3 is 2.38 bits per heavy atom. The van der Waals surface area contributed by atoms with Crippen molar-refractivity contribution in [2.75, 3.05) is 16.8 Å². The van der Waals surface area contributed by atoms with Gasteiger partial charge in [-0.2, -0.15) is 0 Å². The maximum Gasteiger partial charge on any atom is 0.241 e. The van der Waals surface area contributed by atoms with Crippen LogP contribution in [0.1, 0.15) is 0 Å². The molecule has 2 saturated heterocycles. The van der Waals surface area contributed by atoms with Crippen molar-refractivity contribution >= 4 is 23.2 Å². The van der Waals surface area contributed by atoms with E-state index in [0.717, 1.165) is 5.69 Å². The monoisotopic (exact) mass is 346 g/mol. The van der Waals surface area contributed by atoms with Gasteiger partial charge in [0.2, 0.25) is 11.8 Å². The number of benzene rings is 2. The Hall–Kier alpha value is -2.92. The van der Waals surface area contributed by atoms with Crippen molar-refractivity contribution in [1.29, 1.82) is 0 Å². The first-order valence-corrected chi connectivity index (χ1v) is 8.79. The molecule has 2 aromatic rings. The molecule has 5 nitrogen and oxygen atoms in total. The lowest BCUT2D eigenvalue weighted by atomic mass is 9.77. The molecule has 0 spiro atoms. The molecule has 3 heterocycles. The van der Waals surface area contributed by atoms with Crippen LogP contribution in [0.3, 0.4) is 0 Å². The van der Waals surface area contributed by atoms with Gasteiger partial charge in [-0.05, 0) is 24.3 Å². The predicted octanol–water partition coefficient (Wildman–Crippen LogP) is 2.61. The molecule has 0 radical (unpaired) electrons. The molecular weight excluding hydrogens is 328 g/mol. The number of nitrogens with zero attached hydrogens (tertiary/aromatic N) is 1. The highest BCUT2D eigenvalue weighted by Gasteiger charge is 2.67. The highest BCUT2D eigenvalue weighted by Crippen LogP contribution is 2.52. The summed E-state index contributed by atoms with van der Waals surface area (Å²) in [5.41, 5.74) is 0.812. The van der Waals surface area contributed by atoms with E-state index in [1.165, 1.54) is 4.90 Å². The van der Waals surface area contributed by atoms with Gasteiger partial charge < -0.3 is 10.1 Å². The van der Waals surface area contributed by atoms with E-state index in [1.807, 2.05) is 60.7 Å². The van der Waals surface area contributed by atoms with E-state index in [9.17, 15) is 9.59 Å². The quantitative estimate of drug-likeness (QED) is 0.683. The van der Waals surface area contributed by atoms with Crippen LogP contribution in [0.2, 0.25) is 0 Å². The number of para-hydroxylation sites is 2. The van der Waals surface area contributed by atoms with Crippen molar-refractivity contribution in [2.24, 2.45) is 11.8 Å². The first-order valence-electron chi connectivity index (χ1n) is 8.79. The molecule has 0 unspecified atom stereocenters. The molecule has 2 amide bonds. The van der Waals surface area contributed by atoms with Crippen LogP contribution in [0.25, 0.3) is 0 Å². The molecule has 5 heteroatoms. The van der Waals surface area contributed by atoms with Crippen LogP contribution in [-0.2, 0) is 14.3 Å². The number of ether oxygens (including phenoxy) is 1. The third-order valence-corrected chi connectivity index (χ3v) is 5.51. The first kappa shape index (κ1) is 15.3. The summed E-state index contributed by atoms with van der Waals surface area (Å²) < 4.78 is 6.13. The van der Waals surface area contributed by atoms with Gasteiger partial charge in [0, 0.05) is 12.2 Å². The molecule has 0 aromatic heterocycles. The largest absolute Gasteiger partial charge is 0.382 e. The molecule has 1 N–H and O–H groups in total. The average molecular weight is 346 g/mol. The molecule has 130 valence electrons. The first-order chi connectivity index (χ1) is 12.7. The number of nitrogens with one attached hydrogen (secondary N) is 1. The Kier molecular flexibility index (Phi) is 3.27. The second kappa shape index (κ2) is 5.54. The van der Waals surface area contributed by atoms with Crippen molar-refractivity contribution in [3.63, 3.8) is 0 Å². The van der Waals surface area contributed by atoms with Gasteiger partial charge in [-0.25, -0.2) is 4.90 Å². The second-order valence-electron chi connectivity index (χ2n) is 6.97. The van der Waals surface area contributed by atoms with Crippen LogP contribution in [0.5, 0.6) is 0 Å². The molecule has 0 aliphatic carbocycles. The molecule has 2 bridgehead atoms. The minimum Gasteiger partial charge on any atom is -0.382 e. The average Bonchev–Trinajstić information content (AvgIpc) is 3.32. The summed E-state index contributed by atoms with van der Waals surface area (Å²) in [6.07, 6.45) is 3.55. The van der Waals surface area contributed by atoms with E-state index in [0.29, 0.717) is 12.2 Å². The van der Waals surface area contributed by atoms with Crippen molar-refractivity contribution in [2.45, 2.75) is 11.7 Å². The van der Waals surface area contributed by atoms with Gasteiger partial charge in [-0.15, -0.1) is 0 Å². The number of rotatable bonds is 4. The maximum atomic E-state index is 13.2. The summed E-state index contributed by atoms with van der Waals surface area (Å²) >= 11 is 0. The summed E-state index contributed by atoms with van der Waals surface area (Å²) in [4.78, 5) is 27.5. The summed E-state index contributed by atoms with van der Waals surface area (Å²) in [5, 5.41) is 3.35. The number of fused-ring (bicyclic) bond motifs is 5. The van der Waals surface area contributed by atoms with Gasteiger partial charge in [-0.3, -0.25) is 9.59 Å². The van der Waals surface area contributed by atoms with Gasteiger partial charge in [0.25, 0.3) is 0 Å². The van der Waals surface area contributed by atoms with Crippen LogP contribution >= 0.6 is 0 Å². The normalized spacial score (nSPS) is 31.5. The third-order valence-electron chi connectivity index (χ3n) is 5.51. The fourth-order valence-corrected chi connectivity index (χ4v) is 4.33. The number of hydrogen-bond donors (Lipinski definition) is 1.